The van der Waals surface area contributed by atoms with E-state index in [1.807, 2.05) is 48.5 Å². The van der Waals surface area contributed by atoms with Crippen molar-refractivity contribution in [1.82, 2.24) is 5.32 Å². The predicted octanol–water partition coefficient (Wildman–Crippen LogP) is 4.78. The molecule has 0 bridgehead atoms. The van der Waals surface area contributed by atoms with Crippen molar-refractivity contribution in [2.75, 3.05) is 11.9 Å². The number of benzene rings is 3. The first-order valence-electron chi connectivity index (χ1n) is 10.8. The maximum Gasteiger partial charge on any atom is 0.411 e. The predicted molar refractivity (Wildman–Crippen MR) is 124 cm³/mol. The largest absolute Gasteiger partial charge is 0.481 e. The van der Waals surface area contributed by atoms with E-state index in [0.717, 1.165) is 28.3 Å². The van der Waals surface area contributed by atoms with Gasteiger partial charge in [0.25, 0.3) is 5.91 Å². The van der Waals surface area contributed by atoms with Crippen molar-refractivity contribution in [3.8, 4) is 11.1 Å². The van der Waals surface area contributed by atoms with Crippen molar-refractivity contribution >= 4 is 23.7 Å². The third kappa shape index (κ3) is 4.91. The second-order valence-corrected chi connectivity index (χ2v) is 8.12. The molecule has 8 heteroatoms. The molecule has 0 radical (unpaired) electrons. The van der Waals surface area contributed by atoms with E-state index in [-0.39, 0.29) is 30.2 Å². The Labute approximate surface area is 195 Å². The first kappa shape index (κ1) is 23.0. The van der Waals surface area contributed by atoms with Crippen LogP contribution in [-0.4, -0.2) is 35.7 Å². The zero-order valence-electron chi connectivity index (χ0n) is 18.4. The van der Waals surface area contributed by atoms with E-state index in [2.05, 4.69) is 10.6 Å². The van der Waals surface area contributed by atoms with Crippen molar-refractivity contribution in [2.45, 2.75) is 25.3 Å². The van der Waals surface area contributed by atoms with Gasteiger partial charge in [-0.05, 0) is 47.4 Å². The summed E-state index contributed by atoms with van der Waals surface area (Å²) in [6, 6.07) is 18.8. The lowest BCUT2D eigenvalue weighted by atomic mass is 9.98. The van der Waals surface area contributed by atoms with Gasteiger partial charge in [-0.1, -0.05) is 48.5 Å². The summed E-state index contributed by atoms with van der Waals surface area (Å²) in [6.07, 6.45) is -1.04. The van der Waals surface area contributed by atoms with Gasteiger partial charge in [-0.25, -0.2) is 9.18 Å². The highest BCUT2D eigenvalue weighted by molar-refractivity contribution is 5.97. The molecule has 0 aliphatic heterocycles. The van der Waals surface area contributed by atoms with E-state index in [1.165, 1.54) is 19.1 Å². The normalized spacial score (nSPS) is 12.9. The number of hydrogen-bond acceptors (Lipinski definition) is 4. The molecular formula is C26H23FN2O5. The number of aliphatic carboxylic acids is 1. The Bertz CT molecular complexity index is 1210. The molecule has 1 aliphatic carbocycles. The van der Waals surface area contributed by atoms with Crippen LogP contribution >= 0.6 is 0 Å². The highest BCUT2D eigenvalue weighted by Crippen LogP contribution is 2.44. The van der Waals surface area contributed by atoms with Crippen LogP contribution in [0.15, 0.2) is 66.7 Å². The summed E-state index contributed by atoms with van der Waals surface area (Å²) in [6.45, 7) is 1.61. The van der Waals surface area contributed by atoms with Gasteiger partial charge in [0.05, 0.1) is 12.0 Å². The number of carboxylic acids is 1. The molecule has 4 rings (SSSR count). The summed E-state index contributed by atoms with van der Waals surface area (Å²) in [5, 5.41) is 13.8. The van der Waals surface area contributed by atoms with Crippen LogP contribution in [-0.2, 0) is 9.53 Å². The van der Waals surface area contributed by atoms with E-state index in [1.54, 1.807) is 0 Å². The number of carbonyl (C=O) groups excluding carboxylic acids is 2. The molecule has 1 aliphatic rings. The molecule has 34 heavy (non-hydrogen) atoms. The quantitative estimate of drug-likeness (QED) is 0.469. The van der Waals surface area contributed by atoms with Crippen LogP contribution in [0.1, 0.15) is 40.7 Å². The number of amides is 2. The van der Waals surface area contributed by atoms with Crippen molar-refractivity contribution in [3.05, 3.63) is 89.2 Å². The molecule has 1 atom stereocenters. The molecular weight excluding hydrogens is 439 g/mol. The smallest absolute Gasteiger partial charge is 0.411 e. The van der Waals surface area contributed by atoms with Crippen LogP contribution in [0.3, 0.4) is 0 Å². The number of hydrogen-bond donors (Lipinski definition) is 3. The molecule has 0 fully saturated rings. The third-order valence-electron chi connectivity index (χ3n) is 5.66. The summed E-state index contributed by atoms with van der Waals surface area (Å²) in [7, 11) is 0. The van der Waals surface area contributed by atoms with Crippen LogP contribution < -0.4 is 10.6 Å². The zero-order valence-corrected chi connectivity index (χ0v) is 18.4. The highest BCUT2D eigenvalue weighted by Gasteiger charge is 2.29. The fourth-order valence-corrected chi connectivity index (χ4v) is 4.14. The number of carboxylic acid groups (broad SMARTS) is 1. The summed E-state index contributed by atoms with van der Waals surface area (Å²) in [4.78, 5) is 35.6. The number of ether oxygens (including phenoxy) is 1. The lowest BCUT2D eigenvalue weighted by Crippen LogP contribution is -2.34. The van der Waals surface area contributed by atoms with E-state index in [4.69, 9.17) is 9.84 Å². The van der Waals surface area contributed by atoms with Gasteiger partial charge < -0.3 is 15.2 Å². The minimum atomic E-state index is -1.08. The zero-order chi connectivity index (χ0) is 24.2. The summed E-state index contributed by atoms with van der Waals surface area (Å²) < 4.78 is 19.7. The fourth-order valence-electron chi connectivity index (χ4n) is 4.14. The Hall–Kier alpha value is -4.20. The van der Waals surface area contributed by atoms with Crippen LogP contribution in [0.25, 0.3) is 11.1 Å². The van der Waals surface area contributed by atoms with Gasteiger partial charge in [0, 0.05) is 17.6 Å². The Morgan fingerprint density at radius 2 is 1.62 bits per heavy atom. The van der Waals surface area contributed by atoms with Crippen LogP contribution in [0.2, 0.25) is 0 Å². The van der Waals surface area contributed by atoms with Gasteiger partial charge in [0.1, 0.15) is 12.4 Å². The summed E-state index contributed by atoms with van der Waals surface area (Å²) in [5.41, 5.74) is 4.24. The van der Waals surface area contributed by atoms with Crippen LogP contribution in [0.4, 0.5) is 14.9 Å². The Morgan fingerprint density at radius 3 is 2.24 bits per heavy atom. The number of anilines is 1. The van der Waals surface area contributed by atoms with Crippen molar-refractivity contribution in [3.63, 3.8) is 0 Å². The molecule has 2 amide bonds. The highest BCUT2D eigenvalue weighted by atomic mass is 19.1. The van der Waals surface area contributed by atoms with Gasteiger partial charge in [-0.15, -0.1) is 0 Å². The van der Waals surface area contributed by atoms with Crippen LogP contribution in [0, 0.1) is 5.82 Å². The van der Waals surface area contributed by atoms with E-state index in [0.29, 0.717) is 0 Å². The molecule has 0 spiro atoms. The topological polar surface area (TPSA) is 105 Å². The lowest BCUT2D eigenvalue weighted by Gasteiger charge is -2.15. The van der Waals surface area contributed by atoms with Gasteiger partial charge in [0.15, 0.2) is 0 Å². The number of halogens is 1. The monoisotopic (exact) mass is 462 g/mol. The molecule has 3 aromatic carbocycles. The van der Waals surface area contributed by atoms with Crippen molar-refractivity contribution in [1.29, 1.82) is 0 Å². The first-order valence-corrected chi connectivity index (χ1v) is 10.8. The molecule has 3 N–H and O–H groups in total. The van der Waals surface area contributed by atoms with Crippen LogP contribution in [0.5, 0.6) is 0 Å². The number of carbonyl (C=O) groups is 3. The Kier molecular flexibility index (Phi) is 6.58. The number of nitrogens with one attached hydrogen (secondary N) is 2. The second-order valence-electron chi connectivity index (χ2n) is 8.12. The standard InChI is InChI=1S/C26H23FN2O5/c1-15(12-24(30)31)28-25(32)21-13-16(10-11-23(21)27)29-26(33)34-14-22-19-8-4-2-6-17(19)18-7-3-5-9-20(18)22/h2-11,13,15,22H,12,14H2,1H3,(H,28,32)(H,29,33)(H,30,31). The Morgan fingerprint density at radius 1 is 1.00 bits per heavy atom. The van der Waals surface area contributed by atoms with E-state index in [9.17, 15) is 18.8 Å². The molecule has 0 heterocycles. The van der Waals surface area contributed by atoms with Gasteiger partial charge >= 0.3 is 12.1 Å². The molecule has 0 saturated carbocycles. The van der Waals surface area contributed by atoms with E-state index < -0.39 is 29.8 Å². The third-order valence-corrected chi connectivity index (χ3v) is 5.66. The average Bonchev–Trinajstić information content (AvgIpc) is 3.12. The lowest BCUT2D eigenvalue weighted by molar-refractivity contribution is -0.137. The first-order chi connectivity index (χ1) is 16.3. The maximum atomic E-state index is 14.2. The van der Waals surface area contributed by atoms with Gasteiger partial charge in [0.2, 0.25) is 0 Å². The number of rotatable bonds is 7. The molecule has 3 aromatic rings. The fraction of sp³-hybridized carbons (Fsp3) is 0.192. The molecule has 0 aromatic heterocycles. The minimum Gasteiger partial charge on any atom is -0.481 e. The molecule has 7 nitrogen and oxygen atoms in total. The van der Waals surface area contributed by atoms with Crippen molar-refractivity contribution < 1.29 is 28.6 Å². The molecule has 0 saturated heterocycles. The molecule has 174 valence electrons. The molecule has 1 unspecified atom stereocenters. The maximum absolute atomic E-state index is 14.2. The number of fused-ring (bicyclic) bond motifs is 3. The Balaban J connectivity index is 1.42. The summed E-state index contributed by atoms with van der Waals surface area (Å²) in [5.74, 6) is -2.76. The SMILES string of the molecule is CC(CC(=O)O)NC(=O)c1cc(NC(=O)OCC2c3ccccc3-c3ccccc32)ccc1F. The second kappa shape index (κ2) is 9.74. The minimum absolute atomic E-state index is 0.108. The average molecular weight is 462 g/mol. The summed E-state index contributed by atoms with van der Waals surface area (Å²) >= 11 is 0. The van der Waals surface area contributed by atoms with Crippen molar-refractivity contribution in [2.24, 2.45) is 0 Å². The van der Waals surface area contributed by atoms with Gasteiger partial charge in [-0.3, -0.25) is 14.9 Å². The van der Waals surface area contributed by atoms with Gasteiger partial charge in [-0.2, -0.15) is 0 Å². The van der Waals surface area contributed by atoms with E-state index >= 15 is 0 Å².